The van der Waals surface area contributed by atoms with E-state index in [2.05, 4.69) is 25.7 Å². The maximum atomic E-state index is 13.4. The van der Waals surface area contributed by atoms with Gasteiger partial charge < -0.3 is 4.74 Å². The van der Waals surface area contributed by atoms with Gasteiger partial charge in [0.1, 0.15) is 5.82 Å². The molecule has 0 aromatic carbocycles. The van der Waals surface area contributed by atoms with E-state index in [-0.39, 0.29) is 23.1 Å². The van der Waals surface area contributed by atoms with Crippen LogP contribution >= 0.6 is 15.9 Å². The third-order valence-corrected chi connectivity index (χ3v) is 2.57. The van der Waals surface area contributed by atoms with Crippen LogP contribution in [0.5, 0.6) is 0 Å². The fourth-order valence-electron chi connectivity index (χ4n) is 1.27. The largest absolute Gasteiger partial charge is 0.469 e. The van der Waals surface area contributed by atoms with Gasteiger partial charge in [-0.1, -0.05) is 15.9 Å². The second-order valence-corrected chi connectivity index (χ2v) is 3.70. The zero-order valence-corrected chi connectivity index (χ0v) is 10.4. The molecule has 1 rings (SSSR count). The van der Waals surface area contributed by atoms with E-state index in [0.717, 1.165) is 6.07 Å². The Hall–Kier alpha value is -1.11. The minimum absolute atomic E-state index is 0.0153. The zero-order valence-electron chi connectivity index (χ0n) is 8.84. The molecule has 0 bridgehead atoms. The molecular formula is C10H9BrF3NO2. The molecule has 94 valence electrons. The van der Waals surface area contributed by atoms with Gasteiger partial charge in [-0.15, -0.1) is 0 Å². The van der Waals surface area contributed by atoms with Gasteiger partial charge in [-0.2, -0.15) is 0 Å². The number of ether oxygens (including phenoxy) is 1. The third-order valence-electron chi connectivity index (χ3n) is 2.04. The molecule has 0 saturated heterocycles. The molecule has 1 heterocycles. The summed E-state index contributed by atoms with van der Waals surface area (Å²) in [6, 6.07) is 0.824. The van der Waals surface area contributed by atoms with E-state index in [1.54, 1.807) is 0 Å². The Kier molecular flexibility index (Phi) is 4.92. The molecule has 0 radical (unpaired) electrons. The Labute approximate surface area is 104 Å². The van der Waals surface area contributed by atoms with Crippen molar-refractivity contribution in [2.75, 3.05) is 7.11 Å². The molecule has 0 spiro atoms. The van der Waals surface area contributed by atoms with Gasteiger partial charge in [0.05, 0.1) is 30.5 Å². The fourth-order valence-corrected chi connectivity index (χ4v) is 1.70. The first-order valence-electron chi connectivity index (χ1n) is 4.58. The van der Waals surface area contributed by atoms with Crippen LogP contribution in [-0.4, -0.2) is 18.1 Å². The van der Waals surface area contributed by atoms with E-state index in [4.69, 9.17) is 0 Å². The molecule has 1 aromatic rings. The second kappa shape index (κ2) is 6.00. The molecular weight excluding hydrogens is 303 g/mol. The van der Waals surface area contributed by atoms with Crippen LogP contribution in [-0.2, 0) is 21.3 Å². The standard InChI is InChI=1S/C10H9BrF3NO2/c1-17-8(16)3-5-2-6(12)9(10(13)14)7(4-11)15-5/h2,10H,3-4H2,1H3. The number of methoxy groups -OCH3 is 1. The monoisotopic (exact) mass is 311 g/mol. The van der Waals surface area contributed by atoms with Crippen LogP contribution in [0.2, 0.25) is 0 Å². The molecule has 0 aliphatic heterocycles. The van der Waals surface area contributed by atoms with Crippen LogP contribution in [0.1, 0.15) is 23.4 Å². The minimum Gasteiger partial charge on any atom is -0.469 e. The van der Waals surface area contributed by atoms with Gasteiger partial charge in [-0.05, 0) is 6.07 Å². The first-order valence-corrected chi connectivity index (χ1v) is 5.70. The molecule has 0 amide bonds. The summed E-state index contributed by atoms with van der Waals surface area (Å²) >= 11 is 2.95. The highest BCUT2D eigenvalue weighted by Gasteiger charge is 2.21. The lowest BCUT2D eigenvalue weighted by Crippen LogP contribution is -2.10. The summed E-state index contributed by atoms with van der Waals surface area (Å²) in [5.74, 6) is -1.68. The number of hydrogen-bond donors (Lipinski definition) is 0. The number of halogens is 4. The molecule has 17 heavy (non-hydrogen) atoms. The summed E-state index contributed by atoms with van der Waals surface area (Å²) in [6.07, 6.45) is -3.20. The maximum absolute atomic E-state index is 13.4. The van der Waals surface area contributed by atoms with Crippen LogP contribution in [0.4, 0.5) is 13.2 Å². The van der Waals surface area contributed by atoms with E-state index in [9.17, 15) is 18.0 Å². The van der Waals surface area contributed by atoms with Crippen LogP contribution in [0, 0.1) is 5.82 Å². The van der Waals surface area contributed by atoms with Crippen molar-refractivity contribution in [3.05, 3.63) is 28.8 Å². The van der Waals surface area contributed by atoms with Crippen LogP contribution in [0.25, 0.3) is 0 Å². The van der Waals surface area contributed by atoms with Crippen molar-refractivity contribution in [1.29, 1.82) is 0 Å². The van der Waals surface area contributed by atoms with Crippen molar-refractivity contribution >= 4 is 21.9 Å². The molecule has 0 fully saturated rings. The lowest BCUT2D eigenvalue weighted by atomic mass is 10.1. The minimum atomic E-state index is -2.94. The summed E-state index contributed by atoms with van der Waals surface area (Å²) in [5.41, 5.74) is -0.789. The number of rotatable bonds is 4. The zero-order chi connectivity index (χ0) is 13.0. The number of aromatic nitrogens is 1. The normalized spacial score (nSPS) is 10.7. The van der Waals surface area contributed by atoms with Crippen molar-refractivity contribution in [1.82, 2.24) is 4.98 Å². The lowest BCUT2D eigenvalue weighted by molar-refractivity contribution is -0.139. The number of alkyl halides is 3. The number of hydrogen-bond acceptors (Lipinski definition) is 3. The molecule has 0 unspecified atom stereocenters. The summed E-state index contributed by atoms with van der Waals surface area (Å²) in [6.45, 7) is 0. The topological polar surface area (TPSA) is 39.2 Å². The van der Waals surface area contributed by atoms with Crippen molar-refractivity contribution in [3.63, 3.8) is 0 Å². The van der Waals surface area contributed by atoms with Crippen LogP contribution < -0.4 is 0 Å². The molecule has 1 aromatic heterocycles. The molecule has 0 saturated carbocycles. The molecule has 0 atom stereocenters. The van der Waals surface area contributed by atoms with Crippen molar-refractivity contribution in [2.45, 2.75) is 18.2 Å². The highest BCUT2D eigenvalue weighted by atomic mass is 79.9. The SMILES string of the molecule is COC(=O)Cc1cc(F)c(C(F)F)c(CBr)n1. The van der Waals surface area contributed by atoms with Gasteiger partial charge in [0.25, 0.3) is 6.43 Å². The Morgan fingerprint density at radius 2 is 2.24 bits per heavy atom. The Morgan fingerprint density at radius 3 is 2.71 bits per heavy atom. The van der Waals surface area contributed by atoms with E-state index < -0.39 is 23.8 Å². The fraction of sp³-hybridized carbons (Fsp3) is 0.400. The van der Waals surface area contributed by atoms with Crippen molar-refractivity contribution < 1.29 is 22.7 Å². The van der Waals surface area contributed by atoms with E-state index in [0.29, 0.717) is 0 Å². The van der Waals surface area contributed by atoms with Crippen molar-refractivity contribution in [3.8, 4) is 0 Å². The maximum Gasteiger partial charge on any atom is 0.311 e. The molecule has 0 N–H and O–H groups in total. The first-order chi connectivity index (χ1) is 7.99. The highest BCUT2D eigenvalue weighted by Crippen LogP contribution is 2.27. The number of esters is 1. The third kappa shape index (κ3) is 3.42. The quantitative estimate of drug-likeness (QED) is 0.634. The molecule has 0 aliphatic carbocycles. The molecule has 0 aliphatic rings. The molecule has 3 nitrogen and oxygen atoms in total. The van der Waals surface area contributed by atoms with Crippen molar-refractivity contribution in [2.24, 2.45) is 0 Å². The van der Waals surface area contributed by atoms with Gasteiger partial charge >= 0.3 is 5.97 Å². The van der Waals surface area contributed by atoms with E-state index in [1.165, 1.54) is 7.11 Å². The van der Waals surface area contributed by atoms with Crippen LogP contribution in [0.3, 0.4) is 0 Å². The summed E-state index contributed by atoms with van der Waals surface area (Å²) in [5, 5.41) is -0.0153. The number of carbonyl (C=O) groups is 1. The van der Waals surface area contributed by atoms with Gasteiger partial charge in [0.15, 0.2) is 0 Å². The average molecular weight is 312 g/mol. The van der Waals surface area contributed by atoms with Crippen LogP contribution in [0.15, 0.2) is 6.07 Å². The predicted octanol–water partition coefficient (Wildman–Crippen LogP) is 2.77. The number of nitrogens with zero attached hydrogens (tertiary/aromatic N) is 1. The smallest absolute Gasteiger partial charge is 0.311 e. The van der Waals surface area contributed by atoms with Gasteiger partial charge in [-0.3, -0.25) is 9.78 Å². The Balaban J connectivity index is 3.13. The Morgan fingerprint density at radius 1 is 1.59 bits per heavy atom. The van der Waals surface area contributed by atoms with E-state index in [1.807, 2.05) is 0 Å². The van der Waals surface area contributed by atoms with Gasteiger partial charge in [0, 0.05) is 5.33 Å². The van der Waals surface area contributed by atoms with E-state index >= 15 is 0 Å². The Bertz CT molecular complexity index is 426. The number of pyridine rings is 1. The average Bonchev–Trinajstić information content (AvgIpc) is 2.27. The summed E-state index contributed by atoms with van der Waals surface area (Å²) in [4.78, 5) is 14.8. The summed E-state index contributed by atoms with van der Waals surface area (Å²) in [7, 11) is 1.18. The lowest BCUT2D eigenvalue weighted by Gasteiger charge is -2.09. The second-order valence-electron chi connectivity index (χ2n) is 3.14. The first kappa shape index (κ1) is 14.0. The highest BCUT2D eigenvalue weighted by molar-refractivity contribution is 9.08. The van der Waals surface area contributed by atoms with Gasteiger partial charge in [0.2, 0.25) is 0 Å². The molecule has 7 heteroatoms. The van der Waals surface area contributed by atoms with Gasteiger partial charge in [-0.25, -0.2) is 13.2 Å². The summed E-state index contributed by atoms with van der Waals surface area (Å²) < 4.78 is 42.9. The number of carbonyl (C=O) groups excluding carboxylic acids is 1. The predicted molar refractivity (Wildman–Crippen MR) is 57.5 cm³/mol.